The third-order valence-electron chi connectivity index (χ3n) is 2.28. The Morgan fingerprint density at radius 2 is 2.33 bits per heavy atom. The molecule has 0 aliphatic rings. The number of hydrogen-bond acceptors (Lipinski definition) is 4. The summed E-state index contributed by atoms with van der Waals surface area (Å²) in [4.78, 5) is 21.6. The van der Waals surface area contributed by atoms with Crippen LogP contribution in [0.2, 0.25) is 5.02 Å². The first kappa shape index (κ1) is 13.9. The summed E-state index contributed by atoms with van der Waals surface area (Å²) >= 11 is 5.69. The van der Waals surface area contributed by atoms with Crippen molar-refractivity contribution < 1.29 is 9.72 Å². The van der Waals surface area contributed by atoms with Gasteiger partial charge in [0.1, 0.15) is 11.1 Å². The second-order valence-electron chi connectivity index (χ2n) is 3.49. The van der Waals surface area contributed by atoms with Crippen molar-refractivity contribution in [3.05, 3.63) is 38.9 Å². The normalized spacial score (nSPS) is 11.4. The van der Waals surface area contributed by atoms with Crippen molar-refractivity contribution in [1.82, 2.24) is 5.32 Å². The number of halogens is 1. The zero-order valence-corrected chi connectivity index (χ0v) is 10.3. The highest BCUT2D eigenvalue weighted by atomic mass is 35.5. The molecule has 1 atom stereocenters. The van der Waals surface area contributed by atoms with Gasteiger partial charge in [0.05, 0.1) is 11.0 Å². The number of rotatable bonds is 4. The minimum absolute atomic E-state index is 0.113. The molecule has 18 heavy (non-hydrogen) atoms. The number of carbonyl (C=O) groups is 1. The molecule has 6 nitrogen and oxygen atoms in total. The number of amides is 1. The minimum atomic E-state index is -0.631. The summed E-state index contributed by atoms with van der Waals surface area (Å²) < 4.78 is 0. The van der Waals surface area contributed by atoms with Crippen molar-refractivity contribution >= 4 is 23.2 Å². The first-order valence-electron chi connectivity index (χ1n) is 5.14. The molecule has 0 aliphatic heterocycles. The molecule has 1 amide bonds. The van der Waals surface area contributed by atoms with Crippen LogP contribution in [0.1, 0.15) is 23.7 Å². The van der Waals surface area contributed by atoms with Crippen LogP contribution in [0.25, 0.3) is 0 Å². The Morgan fingerprint density at radius 1 is 1.67 bits per heavy atom. The van der Waals surface area contributed by atoms with Crippen LogP contribution >= 0.6 is 11.6 Å². The molecular weight excluding hydrogens is 258 g/mol. The van der Waals surface area contributed by atoms with E-state index in [4.69, 9.17) is 16.9 Å². The Bertz CT molecular complexity index is 525. The number of nitro benzene ring substituents is 1. The topological polar surface area (TPSA) is 96.0 Å². The van der Waals surface area contributed by atoms with Crippen molar-refractivity contribution in [2.45, 2.75) is 19.4 Å². The van der Waals surface area contributed by atoms with Gasteiger partial charge in [-0.05, 0) is 18.6 Å². The Hall–Kier alpha value is -2.13. The second kappa shape index (κ2) is 5.98. The van der Waals surface area contributed by atoms with Crippen LogP contribution in [0.5, 0.6) is 0 Å². The molecular formula is C11H10ClN3O3. The van der Waals surface area contributed by atoms with Crippen molar-refractivity contribution in [3.63, 3.8) is 0 Å². The molecule has 0 radical (unpaired) electrons. The lowest BCUT2D eigenvalue weighted by Gasteiger charge is -2.09. The van der Waals surface area contributed by atoms with Gasteiger partial charge in [-0.25, -0.2) is 0 Å². The van der Waals surface area contributed by atoms with Crippen LogP contribution in [0.15, 0.2) is 18.2 Å². The van der Waals surface area contributed by atoms with Crippen LogP contribution in [0.3, 0.4) is 0 Å². The molecule has 0 aliphatic carbocycles. The van der Waals surface area contributed by atoms with E-state index in [0.717, 1.165) is 6.07 Å². The predicted octanol–water partition coefficient (Wildman–Crippen LogP) is 2.28. The summed E-state index contributed by atoms with van der Waals surface area (Å²) in [5.74, 6) is -0.486. The van der Waals surface area contributed by atoms with Crippen LogP contribution in [-0.4, -0.2) is 16.9 Å². The van der Waals surface area contributed by atoms with E-state index in [2.05, 4.69) is 5.32 Å². The van der Waals surface area contributed by atoms with Crippen LogP contribution < -0.4 is 5.32 Å². The molecule has 0 fully saturated rings. The number of nitriles is 1. The molecule has 1 aromatic rings. The zero-order chi connectivity index (χ0) is 13.7. The lowest BCUT2D eigenvalue weighted by atomic mass is 10.1. The number of hydrogen-bond donors (Lipinski definition) is 1. The minimum Gasteiger partial charge on any atom is -0.336 e. The number of carbonyl (C=O) groups excluding carboxylic acids is 1. The van der Waals surface area contributed by atoms with Crippen molar-refractivity contribution in [1.29, 1.82) is 5.26 Å². The van der Waals surface area contributed by atoms with Gasteiger partial charge >= 0.3 is 0 Å². The molecule has 0 saturated heterocycles. The van der Waals surface area contributed by atoms with Crippen molar-refractivity contribution in [2.75, 3.05) is 0 Å². The van der Waals surface area contributed by atoms with Gasteiger partial charge in [-0.1, -0.05) is 18.5 Å². The number of nitro groups is 1. The maximum atomic E-state index is 11.7. The smallest absolute Gasteiger partial charge is 0.287 e. The van der Waals surface area contributed by atoms with Crippen LogP contribution in [0.4, 0.5) is 5.69 Å². The molecule has 0 unspecified atom stereocenters. The van der Waals surface area contributed by atoms with Crippen LogP contribution in [0, 0.1) is 21.4 Å². The third-order valence-corrected chi connectivity index (χ3v) is 2.58. The number of nitrogens with one attached hydrogen (secondary N) is 1. The van der Waals surface area contributed by atoms with Gasteiger partial charge in [-0.15, -0.1) is 0 Å². The van der Waals surface area contributed by atoms with E-state index in [1.165, 1.54) is 12.1 Å². The summed E-state index contributed by atoms with van der Waals surface area (Å²) in [5.41, 5.74) is -0.0835. The largest absolute Gasteiger partial charge is 0.336 e. The summed E-state index contributed by atoms with van der Waals surface area (Å²) in [6.07, 6.45) is 0.475. The third kappa shape index (κ3) is 3.18. The van der Waals surface area contributed by atoms with E-state index in [1.54, 1.807) is 6.92 Å². The lowest BCUT2D eigenvalue weighted by molar-refractivity contribution is -0.384. The molecule has 0 aromatic heterocycles. The van der Waals surface area contributed by atoms with Gasteiger partial charge in [0.15, 0.2) is 0 Å². The van der Waals surface area contributed by atoms with Crippen LogP contribution in [-0.2, 0) is 0 Å². The summed E-state index contributed by atoms with van der Waals surface area (Å²) in [6.45, 7) is 1.76. The van der Waals surface area contributed by atoms with Gasteiger partial charge in [0.25, 0.3) is 11.6 Å². The maximum absolute atomic E-state index is 11.7. The molecule has 0 spiro atoms. The fourth-order valence-corrected chi connectivity index (χ4v) is 1.51. The molecule has 7 heteroatoms. The summed E-state index contributed by atoms with van der Waals surface area (Å²) in [5, 5.41) is 21.6. The fraction of sp³-hybridized carbons (Fsp3) is 0.273. The Kier molecular flexibility index (Phi) is 4.63. The van der Waals surface area contributed by atoms with E-state index >= 15 is 0 Å². The molecule has 0 heterocycles. The first-order chi connectivity index (χ1) is 8.49. The van der Waals surface area contributed by atoms with Gasteiger partial charge in [0.2, 0.25) is 0 Å². The lowest BCUT2D eigenvalue weighted by Crippen LogP contribution is -2.33. The zero-order valence-electron chi connectivity index (χ0n) is 9.51. The van der Waals surface area contributed by atoms with Gasteiger partial charge in [-0.3, -0.25) is 14.9 Å². The standard InChI is InChI=1S/C11H10ClN3O3/c1-2-8(6-13)14-11(16)7-3-4-10(15(17)18)9(12)5-7/h3-5,8H,2H2,1H3,(H,14,16)/t8-/m0/s1. The van der Waals surface area contributed by atoms with Crippen molar-refractivity contribution in [2.24, 2.45) is 0 Å². The molecule has 0 bridgehead atoms. The highest BCUT2D eigenvalue weighted by Crippen LogP contribution is 2.24. The summed E-state index contributed by atoms with van der Waals surface area (Å²) in [7, 11) is 0. The number of benzene rings is 1. The van der Waals surface area contributed by atoms with E-state index in [9.17, 15) is 14.9 Å². The van der Waals surface area contributed by atoms with E-state index in [-0.39, 0.29) is 16.3 Å². The Labute approximate surface area is 108 Å². The number of nitrogens with zero attached hydrogens (tertiary/aromatic N) is 2. The maximum Gasteiger partial charge on any atom is 0.287 e. The molecule has 1 rings (SSSR count). The second-order valence-corrected chi connectivity index (χ2v) is 3.89. The SMILES string of the molecule is CC[C@@H](C#N)NC(=O)c1ccc([N+](=O)[O-])c(Cl)c1. The van der Waals surface area contributed by atoms with Crippen molar-refractivity contribution in [3.8, 4) is 6.07 Å². The molecule has 1 N–H and O–H groups in total. The van der Waals surface area contributed by atoms with E-state index < -0.39 is 16.9 Å². The van der Waals surface area contributed by atoms with Gasteiger partial charge < -0.3 is 5.32 Å². The average Bonchev–Trinajstić information content (AvgIpc) is 2.34. The molecule has 94 valence electrons. The molecule has 1 aromatic carbocycles. The highest BCUT2D eigenvalue weighted by molar-refractivity contribution is 6.33. The van der Waals surface area contributed by atoms with E-state index in [1.807, 2.05) is 6.07 Å². The monoisotopic (exact) mass is 267 g/mol. The fourth-order valence-electron chi connectivity index (χ4n) is 1.26. The highest BCUT2D eigenvalue weighted by Gasteiger charge is 2.16. The quantitative estimate of drug-likeness (QED) is 0.668. The van der Waals surface area contributed by atoms with Gasteiger partial charge in [0, 0.05) is 11.6 Å². The molecule has 0 saturated carbocycles. The first-order valence-corrected chi connectivity index (χ1v) is 5.51. The predicted molar refractivity (Wildman–Crippen MR) is 65.3 cm³/mol. The summed E-state index contributed by atoms with van der Waals surface area (Å²) in [6, 6.07) is 4.99. The van der Waals surface area contributed by atoms with E-state index in [0.29, 0.717) is 6.42 Å². The van der Waals surface area contributed by atoms with Gasteiger partial charge in [-0.2, -0.15) is 5.26 Å². The average molecular weight is 268 g/mol. The Balaban J connectivity index is 2.92. The Morgan fingerprint density at radius 3 is 2.78 bits per heavy atom.